The van der Waals surface area contributed by atoms with Gasteiger partial charge in [-0.15, -0.1) is 0 Å². The second-order valence-electron chi connectivity index (χ2n) is 6.15. The number of fused-ring (bicyclic) bond motifs is 1. The lowest BCUT2D eigenvalue weighted by Gasteiger charge is -2.11. The molecule has 4 aromatic rings. The number of benzene rings is 2. The molecule has 2 N–H and O–H groups in total. The van der Waals surface area contributed by atoms with E-state index in [1.165, 1.54) is 6.92 Å². The van der Waals surface area contributed by atoms with Crippen LogP contribution in [0, 0.1) is 11.6 Å². The van der Waals surface area contributed by atoms with Crippen molar-refractivity contribution < 1.29 is 18.3 Å². The Morgan fingerprint density at radius 1 is 1.17 bits per heavy atom. The number of aromatic nitrogens is 3. The molecule has 0 radical (unpaired) electrons. The fourth-order valence-electron chi connectivity index (χ4n) is 2.81. The number of halogens is 3. The highest BCUT2D eigenvalue weighted by molar-refractivity contribution is 6.33. The lowest BCUT2D eigenvalue weighted by Crippen LogP contribution is -2.08. The number of nitrogens with one attached hydrogen (secondary N) is 2. The largest absolute Gasteiger partial charge is 0.434 e. The number of aromatic amines is 1. The minimum atomic E-state index is -0.901. The minimum absolute atomic E-state index is 0.0763. The molecular formula is C20H13ClF2N4O2. The number of ether oxygens (including phenoxy) is 1. The van der Waals surface area contributed by atoms with E-state index in [4.69, 9.17) is 16.3 Å². The van der Waals surface area contributed by atoms with Gasteiger partial charge in [0.25, 0.3) is 0 Å². The van der Waals surface area contributed by atoms with E-state index in [9.17, 15) is 13.6 Å². The summed E-state index contributed by atoms with van der Waals surface area (Å²) in [6.45, 7) is 1.32. The quantitative estimate of drug-likeness (QED) is 0.474. The molecule has 2 heterocycles. The van der Waals surface area contributed by atoms with E-state index >= 15 is 0 Å². The Balaban J connectivity index is 1.84. The van der Waals surface area contributed by atoms with Gasteiger partial charge in [-0.25, -0.2) is 8.78 Å². The van der Waals surface area contributed by atoms with Crippen molar-refractivity contribution in [3.8, 4) is 22.9 Å². The maximum Gasteiger partial charge on any atom is 0.245 e. The average Bonchev–Trinajstić information content (AvgIpc) is 3.06. The zero-order chi connectivity index (χ0) is 20.5. The molecule has 0 atom stereocenters. The number of carbonyl (C=O) groups is 1. The fourth-order valence-corrected chi connectivity index (χ4v) is 3.03. The summed E-state index contributed by atoms with van der Waals surface area (Å²) in [4.78, 5) is 16.0. The van der Waals surface area contributed by atoms with Crippen LogP contribution in [0.4, 0.5) is 14.5 Å². The van der Waals surface area contributed by atoms with Crippen LogP contribution in [-0.2, 0) is 4.79 Å². The average molecular weight is 415 g/mol. The Hall–Kier alpha value is -3.52. The molecule has 146 valence electrons. The maximum atomic E-state index is 14.0. The van der Waals surface area contributed by atoms with Gasteiger partial charge in [-0.05, 0) is 24.3 Å². The number of H-pyrrole nitrogens is 1. The van der Waals surface area contributed by atoms with Crippen molar-refractivity contribution in [3.63, 3.8) is 0 Å². The summed E-state index contributed by atoms with van der Waals surface area (Å²) in [5.74, 6) is -2.33. The molecule has 0 aliphatic carbocycles. The van der Waals surface area contributed by atoms with Crippen LogP contribution in [0.3, 0.4) is 0 Å². The highest BCUT2D eigenvalue weighted by Gasteiger charge is 2.18. The third-order valence-corrected chi connectivity index (χ3v) is 4.39. The van der Waals surface area contributed by atoms with Crippen molar-refractivity contribution in [3.05, 3.63) is 65.2 Å². The van der Waals surface area contributed by atoms with Crippen molar-refractivity contribution in [2.75, 3.05) is 5.32 Å². The molecular weight excluding hydrogens is 402 g/mol. The molecule has 0 aliphatic heterocycles. The highest BCUT2D eigenvalue weighted by Crippen LogP contribution is 2.36. The summed E-state index contributed by atoms with van der Waals surface area (Å²) >= 11 is 6.27. The smallest absolute Gasteiger partial charge is 0.245 e. The van der Waals surface area contributed by atoms with Crippen molar-refractivity contribution in [1.82, 2.24) is 15.2 Å². The van der Waals surface area contributed by atoms with Gasteiger partial charge in [0.15, 0.2) is 17.2 Å². The van der Waals surface area contributed by atoms with Gasteiger partial charge in [-0.2, -0.15) is 10.1 Å². The number of rotatable bonds is 4. The second kappa shape index (κ2) is 7.48. The molecule has 0 spiro atoms. The van der Waals surface area contributed by atoms with E-state index in [0.29, 0.717) is 33.4 Å². The molecule has 29 heavy (non-hydrogen) atoms. The van der Waals surface area contributed by atoms with Gasteiger partial charge in [-0.1, -0.05) is 29.8 Å². The molecule has 2 aromatic carbocycles. The summed E-state index contributed by atoms with van der Waals surface area (Å²) in [6, 6.07) is 11.6. The molecule has 2 aromatic heterocycles. The first-order valence-electron chi connectivity index (χ1n) is 8.47. The number of hydrogen-bond acceptors (Lipinski definition) is 4. The van der Waals surface area contributed by atoms with Crippen molar-refractivity contribution in [1.29, 1.82) is 0 Å². The molecule has 6 nitrogen and oxygen atoms in total. The normalized spacial score (nSPS) is 10.9. The van der Waals surface area contributed by atoms with Crippen LogP contribution in [0.5, 0.6) is 11.6 Å². The van der Waals surface area contributed by atoms with Gasteiger partial charge in [-0.3, -0.25) is 9.89 Å². The van der Waals surface area contributed by atoms with E-state index in [1.807, 2.05) is 6.07 Å². The minimum Gasteiger partial charge on any atom is -0.434 e. The van der Waals surface area contributed by atoms with E-state index in [2.05, 4.69) is 20.5 Å². The SMILES string of the molecule is CC(=O)Nc1cc2c(-c3ccccc3Cl)n[nH]c2nc1Oc1ccc(F)cc1F. The van der Waals surface area contributed by atoms with Crippen LogP contribution < -0.4 is 10.1 Å². The summed E-state index contributed by atoms with van der Waals surface area (Å²) < 4.78 is 32.7. The molecule has 0 bridgehead atoms. The van der Waals surface area contributed by atoms with Gasteiger partial charge in [0.2, 0.25) is 11.8 Å². The zero-order valence-corrected chi connectivity index (χ0v) is 15.7. The van der Waals surface area contributed by atoms with Crippen LogP contribution in [0.15, 0.2) is 48.5 Å². The molecule has 0 fully saturated rings. The topological polar surface area (TPSA) is 79.9 Å². The molecule has 4 rings (SSSR count). The Morgan fingerprint density at radius 3 is 2.69 bits per heavy atom. The highest BCUT2D eigenvalue weighted by atomic mass is 35.5. The monoisotopic (exact) mass is 414 g/mol. The van der Waals surface area contributed by atoms with E-state index in [-0.39, 0.29) is 23.2 Å². The van der Waals surface area contributed by atoms with Crippen LogP contribution in [0.1, 0.15) is 6.92 Å². The second-order valence-corrected chi connectivity index (χ2v) is 6.55. The first kappa shape index (κ1) is 18.8. The number of anilines is 1. The summed E-state index contributed by atoms with van der Waals surface area (Å²) in [6.07, 6.45) is 0. The fraction of sp³-hybridized carbons (Fsp3) is 0.0500. The van der Waals surface area contributed by atoms with Crippen LogP contribution in [0.2, 0.25) is 5.02 Å². The first-order chi connectivity index (χ1) is 13.9. The third-order valence-electron chi connectivity index (χ3n) is 4.06. The number of amides is 1. The standard InChI is InChI=1S/C20H13ClF2N4O2/c1-10(28)24-16-9-13-18(12-4-2-3-5-14(12)21)26-27-19(13)25-20(16)29-17-7-6-11(22)8-15(17)23/h2-9H,1H3,(H,24,28)(H,25,26,27). The number of pyridine rings is 1. The van der Waals surface area contributed by atoms with Gasteiger partial charge in [0.05, 0.1) is 5.02 Å². The Morgan fingerprint density at radius 2 is 1.97 bits per heavy atom. The summed E-state index contributed by atoms with van der Waals surface area (Å²) in [5.41, 5.74) is 1.74. The summed E-state index contributed by atoms with van der Waals surface area (Å²) in [7, 11) is 0. The Labute approximate surface area is 168 Å². The maximum absolute atomic E-state index is 14.0. The zero-order valence-electron chi connectivity index (χ0n) is 15.0. The first-order valence-corrected chi connectivity index (χ1v) is 8.84. The molecule has 0 saturated carbocycles. The number of hydrogen-bond donors (Lipinski definition) is 2. The van der Waals surface area contributed by atoms with Crippen molar-refractivity contribution >= 4 is 34.2 Å². The Bertz CT molecular complexity index is 1240. The number of nitrogens with zero attached hydrogens (tertiary/aromatic N) is 2. The molecule has 9 heteroatoms. The van der Waals surface area contributed by atoms with Gasteiger partial charge in [0, 0.05) is 23.9 Å². The van der Waals surface area contributed by atoms with E-state index in [0.717, 1.165) is 12.1 Å². The lowest BCUT2D eigenvalue weighted by atomic mass is 10.1. The predicted molar refractivity (Wildman–Crippen MR) is 105 cm³/mol. The molecule has 0 aliphatic rings. The third kappa shape index (κ3) is 3.74. The van der Waals surface area contributed by atoms with Gasteiger partial charge >= 0.3 is 0 Å². The van der Waals surface area contributed by atoms with Gasteiger partial charge < -0.3 is 10.1 Å². The molecule has 1 amide bonds. The van der Waals surface area contributed by atoms with E-state index in [1.54, 1.807) is 24.3 Å². The molecule has 0 unspecified atom stereocenters. The summed E-state index contributed by atoms with van der Waals surface area (Å²) in [5, 5.41) is 10.7. The lowest BCUT2D eigenvalue weighted by molar-refractivity contribution is -0.114. The van der Waals surface area contributed by atoms with Crippen LogP contribution in [0.25, 0.3) is 22.3 Å². The van der Waals surface area contributed by atoms with E-state index < -0.39 is 11.6 Å². The van der Waals surface area contributed by atoms with Crippen molar-refractivity contribution in [2.24, 2.45) is 0 Å². The predicted octanol–water partition coefficient (Wildman–Crippen LogP) is 5.31. The van der Waals surface area contributed by atoms with Crippen LogP contribution in [-0.4, -0.2) is 21.1 Å². The van der Waals surface area contributed by atoms with Gasteiger partial charge in [0.1, 0.15) is 17.2 Å². The van der Waals surface area contributed by atoms with Crippen LogP contribution >= 0.6 is 11.6 Å². The van der Waals surface area contributed by atoms with Crippen molar-refractivity contribution in [2.45, 2.75) is 6.92 Å². The number of carbonyl (C=O) groups excluding carboxylic acids is 1. The Kier molecular flexibility index (Phi) is 4.85. The molecule has 0 saturated heterocycles.